The van der Waals surface area contributed by atoms with Gasteiger partial charge in [0.1, 0.15) is 11.3 Å². The van der Waals surface area contributed by atoms with Gasteiger partial charge in [-0.15, -0.1) is 0 Å². The lowest BCUT2D eigenvalue weighted by molar-refractivity contribution is 0.480. The summed E-state index contributed by atoms with van der Waals surface area (Å²) in [7, 11) is 0. The van der Waals surface area contributed by atoms with E-state index in [-0.39, 0.29) is 5.75 Å². The van der Waals surface area contributed by atoms with Crippen LogP contribution in [-0.4, -0.2) is 10.1 Å². The van der Waals surface area contributed by atoms with Crippen LogP contribution in [0.5, 0.6) is 5.75 Å². The third-order valence-corrected chi connectivity index (χ3v) is 3.27. The van der Waals surface area contributed by atoms with Gasteiger partial charge in [-0.25, -0.2) is 4.98 Å². The molecule has 2 nitrogen and oxygen atoms in total. The number of nitrogens with zero attached hydrogens (tertiary/aromatic N) is 1. The van der Waals surface area contributed by atoms with E-state index in [1.165, 1.54) is 5.56 Å². The van der Waals surface area contributed by atoms with Gasteiger partial charge in [-0.1, -0.05) is 48.5 Å². The van der Waals surface area contributed by atoms with Gasteiger partial charge in [-0.3, -0.25) is 0 Å². The number of hydrogen-bond donors (Lipinski definition) is 1. The maximum Gasteiger partial charge on any atom is 0.141 e. The quantitative estimate of drug-likeness (QED) is 0.767. The second-order valence-electron chi connectivity index (χ2n) is 4.64. The second-order valence-corrected chi connectivity index (χ2v) is 4.64. The summed E-state index contributed by atoms with van der Waals surface area (Å²) in [4.78, 5) is 4.54. The van der Waals surface area contributed by atoms with E-state index in [0.717, 1.165) is 23.9 Å². The van der Waals surface area contributed by atoms with Crippen LogP contribution in [0.4, 0.5) is 0 Å². The van der Waals surface area contributed by atoms with Crippen molar-refractivity contribution >= 4 is 10.9 Å². The number of hydrogen-bond acceptors (Lipinski definition) is 2. The summed E-state index contributed by atoms with van der Waals surface area (Å²) in [6, 6.07) is 19.9. The number of benzene rings is 2. The first-order chi connectivity index (χ1) is 9.33. The summed E-state index contributed by atoms with van der Waals surface area (Å²) in [5, 5.41) is 10.8. The standard InChI is InChI=1S/C17H15NO/c19-16-8-4-7-14-10-12-15(18-17(14)16)11-9-13-5-2-1-3-6-13/h1-8,10,12,19H,9,11H2. The zero-order valence-corrected chi connectivity index (χ0v) is 10.6. The van der Waals surface area contributed by atoms with Crippen molar-refractivity contribution < 1.29 is 5.11 Å². The van der Waals surface area contributed by atoms with E-state index in [0.29, 0.717) is 5.52 Å². The normalized spacial score (nSPS) is 10.7. The first kappa shape index (κ1) is 11.7. The predicted molar refractivity (Wildman–Crippen MR) is 77.3 cm³/mol. The Morgan fingerprint density at radius 2 is 1.63 bits per heavy atom. The van der Waals surface area contributed by atoms with Crippen molar-refractivity contribution in [2.24, 2.45) is 0 Å². The molecule has 0 bridgehead atoms. The van der Waals surface area contributed by atoms with Crippen LogP contribution in [-0.2, 0) is 12.8 Å². The molecule has 3 aromatic rings. The minimum atomic E-state index is 0.249. The lowest BCUT2D eigenvalue weighted by atomic mass is 10.1. The number of aromatic hydroxyl groups is 1. The fraction of sp³-hybridized carbons (Fsp3) is 0.118. The van der Waals surface area contributed by atoms with E-state index < -0.39 is 0 Å². The number of phenolic OH excluding ortho intramolecular Hbond substituents is 1. The first-order valence-electron chi connectivity index (χ1n) is 6.44. The molecule has 1 heterocycles. The number of fused-ring (bicyclic) bond motifs is 1. The Labute approximate surface area is 112 Å². The summed E-state index contributed by atoms with van der Waals surface area (Å²) in [6.07, 6.45) is 1.85. The maximum absolute atomic E-state index is 9.82. The number of para-hydroxylation sites is 1. The van der Waals surface area contributed by atoms with Crippen LogP contribution >= 0.6 is 0 Å². The highest BCUT2D eigenvalue weighted by Crippen LogP contribution is 2.22. The topological polar surface area (TPSA) is 33.1 Å². The van der Waals surface area contributed by atoms with Crippen molar-refractivity contribution in [2.45, 2.75) is 12.8 Å². The molecule has 0 fully saturated rings. The van der Waals surface area contributed by atoms with E-state index in [2.05, 4.69) is 29.2 Å². The highest BCUT2D eigenvalue weighted by Gasteiger charge is 2.03. The molecule has 0 radical (unpaired) electrons. The molecule has 0 atom stereocenters. The summed E-state index contributed by atoms with van der Waals surface area (Å²) in [5.74, 6) is 0.249. The van der Waals surface area contributed by atoms with Crippen LogP contribution in [0.15, 0.2) is 60.7 Å². The Kier molecular flexibility index (Phi) is 3.15. The molecule has 0 amide bonds. The first-order valence-corrected chi connectivity index (χ1v) is 6.44. The molecule has 0 aliphatic carbocycles. The van der Waals surface area contributed by atoms with Crippen molar-refractivity contribution in [1.29, 1.82) is 0 Å². The van der Waals surface area contributed by atoms with E-state index >= 15 is 0 Å². The molecule has 19 heavy (non-hydrogen) atoms. The lowest BCUT2D eigenvalue weighted by Gasteiger charge is -2.04. The predicted octanol–water partition coefficient (Wildman–Crippen LogP) is 3.73. The van der Waals surface area contributed by atoms with Gasteiger partial charge in [0, 0.05) is 11.1 Å². The molecule has 1 aromatic heterocycles. The minimum absolute atomic E-state index is 0.249. The third-order valence-electron chi connectivity index (χ3n) is 3.27. The Bertz CT molecular complexity index is 692. The zero-order chi connectivity index (χ0) is 13.1. The van der Waals surface area contributed by atoms with E-state index in [4.69, 9.17) is 0 Å². The number of aryl methyl sites for hydroxylation is 2. The largest absolute Gasteiger partial charge is 0.506 e. The lowest BCUT2D eigenvalue weighted by Crippen LogP contribution is -1.94. The van der Waals surface area contributed by atoms with Gasteiger partial charge in [0.2, 0.25) is 0 Å². The van der Waals surface area contributed by atoms with Gasteiger partial charge in [0.05, 0.1) is 0 Å². The van der Waals surface area contributed by atoms with Gasteiger partial charge in [0.25, 0.3) is 0 Å². The number of phenols is 1. The number of pyridine rings is 1. The van der Waals surface area contributed by atoms with Crippen LogP contribution < -0.4 is 0 Å². The SMILES string of the molecule is Oc1cccc2ccc(CCc3ccccc3)nc12. The highest BCUT2D eigenvalue weighted by molar-refractivity contribution is 5.84. The van der Waals surface area contributed by atoms with E-state index in [1.807, 2.05) is 30.3 Å². The van der Waals surface area contributed by atoms with Crippen molar-refractivity contribution in [1.82, 2.24) is 4.98 Å². The molecule has 0 aliphatic heterocycles. The van der Waals surface area contributed by atoms with Gasteiger partial charge in [-0.2, -0.15) is 0 Å². The molecule has 0 aliphatic rings. The Balaban J connectivity index is 1.84. The van der Waals surface area contributed by atoms with Crippen LogP contribution in [0.1, 0.15) is 11.3 Å². The number of aromatic nitrogens is 1. The van der Waals surface area contributed by atoms with Crippen molar-refractivity contribution in [3.63, 3.8) is 0 Å². The van der Waals surface area contributed by atoms with Crippen LogP contribution in [0, 0.1) is 0 Å². The number of rotatable bonds is 3. The summed E-state index contributed by atoms with van der Waals surface area (Å²) >= 11 is 0. The van der Waals surface area contributed by atoms with Crippen molar-refractivity contribution in [2.75, 3.05) is 0 Å². The average molecular weight is 249 g/mol. The molecule has 2 aromatic carbocycles. The van der Waals surface area contributed by atoms with Gasteiger partial charge in [-0.05, 0) is 30.5 Å². The van der Waals surface area contributed by atoms with E-state index in [9.17, 15) is 5.11 Å². The Hall–Kier alpha value is -2.35. The monoisotopic (exact) mass is 249 g/mol. The smallest absolute Gasteiger partial charge is 0.141 e. The molecule has 3 rings (SSSR count). The van der Waals surface area contributed by atoms with Crippen molar-refractivity contribution in [3.8, 4) is 5.75 Å². The molecular weight excluding hydrogens is 234 g/mol. The zero-order valence-electron chi connectivity index (χ0n) is 10.6. The summed E-state index contributed by atoms with van der Waals surface area (Å²) in [6.45, 7) is 0. The Morgan fingerprint density at radius 1 is 0.789 bits per heavy atom. The molecule has 0 spiro atoms. The summed E-state index contributed by atoms with van der Waals surface area (Å²) in [5.41, 5.74) is 3.01. The molecule has 1 N–H and O–H groups in total. The van der Waals surface area contributed by atoms with Crippen LogP contribution in [0.3, 0.4) is 0 Å². The molecule has 94 valence electrons. The molecule has 2 heteroatoms. The molecule has 0 saturated heterocycles. The molecular formula is C17H15NO. The fourth-order valence-electron chi connectivity index (χ4n) is 2.23. The second kappa shape index (κ2) is 5.11. The minimum Gasteiger partial charge on any atom is -0.506 e. The third kappa shape index (κ3) is 2.58. The average Bonchev–Trinajstić information content (AvgIpc) is 2.47. The highest BCUT2D eigenvalue weighted by atomic mass is 16.3. The maximum atomic E-state index is 9.82. The van der Waals surface area contributed by atoms with E-state index in [1.54, 1.807) is 6.07 Å². The van der Waals surface area contributed by atoms with Gasteiger partial charge >= 0.3 is 0 Å². The Morgan fingerprint density at radius 3 is 2.47 bits per heavy atom. The fourth-order valence-corrected chi connectivity index (χ4v) is 2.23. The van der Waals surface area contributed by atoms with Crippen molar-refractivity contribution in [3.05, 3.63) is 71.9 Å². The van der Waals surface area contributed by atoms with Crippen LogP contribution in [0.2, 0.25) is 0 Å². The molecule has 0 saturated carbocycles. The van der Waals surface area contributed by atoms with Crippen LogP contribution in [0.25, 0.3) is 10.9 Å². The summed E-state index contributed by atoms with van der Waals surface area (Å²) < 4.78 is 0. The molecule has 0 unspecified atom stereocenters. The van der Waals surface area contributed by atoms with Gasteiger partial charge in [0.15, 0.2) is 0 Å². The van der Waals surface area contributed by atoms with Gasteiger partial charge < -0.3 is 5.11 Å².